The first kappa shape index (κ1) is 11.5. The molecule has 0 amide bonds. The average Bonchev–Trinajstić information content (AvgIpc) is 2.66. The molecule has 0 bridgehead atoms. The Balaban J connectivity index is 2.01. The van der Waals surface area contributed by atoms with Crippen LogP contribution < -0.4 is 5.32 Å². The molecule has 5 heteroatoms. The van der Waals surface area contributed by atoms with Gasteiger partial charge in [-0.3, -0.25) is 4.90 Å². The molecule has 1 saturated heterocycles. The molecule has 2 heterocycles. The lowest BCUT2D eigenvalue weighted by Crippen LogP contribution is -2.47. The molecular formula is C11H16F2N2O. The van der Waals surface area contributed by atoms with Crippen molar-refractivity contribution >= 4 is 0 Å². The summed E-state index contributed by atoms with van der Waals surface area (Å²) in [4.78, 5) is 1.76. The van der Waals surface area contributed by atoms with Crippen LogP contribution in [0.5, 0.6) is 0 Å². The summed E-state index contributed by atoms with van der Waals surface area (Å²) in [5.74, 6) is -2.61. The zero-order valence-electron chi connectivity index (χ0n) is 9.30. The van der Waals surface area contributed by atoms with Crippen molar-refractivity contribution in [2.75, 3.05) is 32.7 Å². The van der Waals surface area contributed by atoms with Crippen LogP contribution in [0.2, 0.25) is 0 Å². The zero-order chi connectivity index (χ0) is 11.6. The molecule has 3 nitrogen and oxygen atoms in total. The fourth-order valence-corrected chi connectivity index (χ4v) is 1.86. The van der Waals surface area contributed by atoms with Crippen molar-refractivity contribution in [1.82, 2.24) is 10.2 Å². The summed E-state index contributed by atoms with van der Waals surface area (Å²) in [5, 5.41) is 3.13. The van der Waals surface area contributed by atoms with E-state index in [4.69, 9.17) is 4.42 Å². The van der Waals surface area contributed by atoms with Crippen LogP contribution in [0.3, 0.4) is 0 Å². The van der Waals surface area contributed by atoms with Gasteiger partial charge in [-0.1, -0.05) is 0 Å². The summed E-state index contributed by atoms with van der Waals surface area (Å²) in [6, 6.07) is 2.93. The normalized spacial score (nSPS) is 18.9. The van der Waals surface area contributed by atoms with Gasteiger partial charge >= 0.3 is 5.92 Å². The lowest BCUT2D eigenvalue weighted by atomic mass is 10.2. The highest BCUT2D eigenvalue weighted by atomic mass is 19.3. The Morgan fingerprint density at radius 3 is 2.62 bits per heavy atom. The summed E-state index contributed by atoms with van der Waals surface area (Å²) in [7, 11) is 0. The molecule has 0 radical (unpaired) electrons. The molecule has 90 valence electrons. The summed E-state index contributed by atoms with van der Waals surface area (Å²) < 4.78 is 32.6. The number of hydrogen-bond acceptors (Lipinski definition) is 3. The first-order valence-electron chi connectivity index (χ1n) is 5.46. The third kappa shape index (κ3) is 2.59. The monoisotopic (exact) mass is 230 g/mol. The molecule has 1 fully saturated rings. The number of halogens is 2. The molecule has 1 N–H and O–H groups in total. The molecule has 1 aromatic rings. The highest BCUT2D eigenvalue weighted by molar-refractivity contribution is 5.11. The molecule has 16 heavy (non-hydrogen) atoms. The van der Waals surface area contributed by atoms with Crippen molar-refractivity contribution in [1.29, 1.82) is 0 Å². The van der Waals surface area contributed by atoms with E-state index in [2.05, 4.69) is 5.32 Å². The number of aryl methyl sites for hydroxylation is 1. The van der Waals surface area contributed by atoms with Crippen LogP contribution in [0.4, 0.5) is 8.78 Å². The average molecular weight is 230 g/mol. The van der Waals surface area contributed by atoms with Gasteiger partial charge in [0.05, 0.1) is 6.54 Å². The van der Waals surface area contributed by atoms with E-state index in [1.807, 2.05) is 0 Å². The summed E-state index contributed by atoms with van der Waals surface area (Å²) in [6.07, 6.45) is 0. The Morgan fingerprint density at radius 1 is 1.38 bits per heavy atom. The molecule has 0 aliphatic carbocycles. The second kappa shape index (κ2) is 4.51. The highest BCUT2D eigenvalue weighted by Gasteiger charge is 2.37. The Bertz CT molecular complexity index is 346. The molecule has 0 spiro atoms. The molecule has 0 atom stereocenters. The second-order valence-corrected chi connectivity index (χ2v) is 4.14. The fourth-order valence-electron chi connectivity index (χ4n) is 1.86. The van der Waals surface area contributed by atoms with Crippen molar-refractivity contribution in [2.24, 2.45) is 0 Å². The Morgan fingerprint density at radius 2 is 2.06 bits per heavy atom. The van der Waals surface area contributed by atoms with E-state index in [1.165, 1.54) is 6.07 Å². The van der Waals surface area contributed by atoms with Gasteiger partial charge in [0, 0.05) is 26.2 Å². The number of furan rings is 1. The maximum Gasteiger partial charge on any atom is 0.317 e. The minimum absolute atomic E-state index is 0.233. The van der Waals surface area contributed by atoms with Crippen LogP contribution in [0.25, 0.3) is 0 Å². The first-order chi connectivity index (χ1) is 7.58. The van der Waals surface area contributed by atoms with Crippen molar-refractivity contribution in [3.05, 3.63) is 23.7 Å². The van der Waals surface area contributed by atoms with Gasteiger partial charge in [0.25, 0.3) is 0 Å². The van der Waals surface area contributed by atoms with Crippen molar-refractivity contribution < 1.29 is 13.2 Å². The lowest BCUT2D eigenvalue weighted by molar-refractivity contribution is -0.0577. The van der Waals surface area contributed by atoms with Gasteiger partial charge in [-0.15, -0.1) is 0 Å². The topological polar surface area (TPSA) is 28.4 Å². The maximum absolute atomic E-state index is 13.8. The maximum atomic E-state index is 13.8. The summed E-state index contributed by atoms with van der Waals surface area (Å²) in [5.41, 5.74) is 0. The third-order valence-electron chi connectivity index (χ3n) is 2.73. The molecule has 1 aliphatic heterocycles. The predicted octanol–water partition coefficient (Wildman–Crippen LogP) is 1.59. The summed E-state index contributed by atoms with van der Waals surface area (Å²) in [6.45, 7) is 4.27. The Labute approximate surface area is 93.4 Å². The number of rotatable bonds is 3. The van der Waals surface area contributed by atoms with E-state index in [1.54, 1.807) is 17.9 Å². The van der Waals surface area contributed by atoms with E-state index in [9.17, 15) is 8.78 Å². The number of alkyl halides is 2. The van der Waals surface area contributed by atoms with Crippen LogP contribution in [0.1, 0.15) is 11.5 Å². The van der Waals surface area contributed by atoms with E-state index in [-0.39, 0.29) is 12.3 Å². The van der Waals surface area contributed by atoms with Crippen LogP contribution in [-0.4, -0.2) is 37.6 Å². The fraction of sp³-hybridized carbons (Fsp3) is 0.636. The largest absolute Gasteiger partial charge is 0.460 e. The van der Waals surface area contributed by atoms with Gasteiger partial charge in [-0.25, -0.2) is 0 Å². The minimum atomic E-state index is -2.90. The first-order valence-corrected chi connectivity index (χ1v) is 5.46. The number of hydrogen-bond donors (Lipinski definition) is 1. The smallest absolute Gasteiger partial charge is 0.317 e. The molecule has 1 aliphatic rings. The van der Waals surface area contributed by atoms with Gasteiger partial charge in [0.2, 0.25) is 0 Å². The Hall–Kier alpha value is -0.940. The van der Waals surface area contributed by atoms with Gasteiger partial charge in [-0.2, -0.15) is 8.78 Å². The van der Waals surface area contributed by atoms with Crippen molar-refractivity contribution in [3.8, 4) is 0 Å². The van der Waals surface area contributed by atoms with Crippen LogP contribution in [0, 0.1) is 6.92 Å². The number of nitrogens with one attached hydrogen (secondary N) is 1. The minimum Gasteiger partial charge on any atom is -0.460 e. The molecule has 1 aromatic heterocycles. The third-order valence-corrected chi connectivity index (χ3v) is 2.73. The van der Waals surface area contributed by atoms with E-state index >= 15 is 0 Å². The summed E-state index contributed by atoms with van der Waals surface area (Å²) >= 11 is 0. The molecule has 0 aromatic carbocycles. The van der Waals surface area contributed by atoms with E-state index in [0.29, 0.717) is 18.8 Å². The standard InChI is InChI=1S/C11H16F2N2O/c1-9-2-3-10(16-9)11(12,13)8-15-6-4-14-5-7-15/h2-3,14H,4-8H2,1H3. The van der Waals surface area contributed by atoms with Crippen LogP contribution in [-0.2, 0) is 5.92 Å². The van der Waals surface area contributed by atoms with Gasteiger partial charge in [0.1, 0.15) is 5.76 Å². The quantitative estimate of drug-likeness (QED) is 0.854. The predicted molar refractivity (Wildman–Crippen MR) is 56.6 cm³/mol. The SMILES string of the molecule is Cc1ccc(C(F)(F)CN2CCNCC2)o1. The van der Waals surface area contributed by atoms with E-state index < -0.39 is 5.92 Å². The van der Waals surface area contributed by atoms with Crippen molar-refractivity contribution in [2.45, 2.75) is 12.8 Å². The van der Waals surface area contributed by atoms with Crippen LogP contribution in [0.15, 0.2) is 16.5 Å². The lowest BCUT2D eigenvalue weighted by Gasteiger charge is -2.29. The molecule has 0 saturated carbocycles. The van der Waals surface area contributed by atoms with Gasteiger partial charge < -0.3 is 9.73 Å². The van der Waals surface area contributed by atoms with Gasteiger partial charge in [0.15, 0.2) is 5.76 Å². The highest BCUT2D eigenvalue weighted by Crippen LogP contribution is 2.30. The number of piperazine rings is 1. The van der Waals surface area contributed by atoms with Crippen molar-refractivity contribution in [3.63, 3.8) is 0 Å². The van der Waals surface area contributed by atoms with Gasteiger partial charge in [-0.05, 0) is 19.1 Å². The number of nitrogens with zero attached hydrogens (tertiary/aromatic N) is 1. The van der Waals surface area contributed by atoms with Crippen LogP contribution >= 0.6 is 0 Å². The van der Waals surface area contributed by atoms with E-state index in [0.717, 1.165) is 13.1 Å². The molecule has 0 unspecified atom stereocenters. The second-order valence-electron chi connectivity index (χ2n) is 4.14. The Kier molecular flexibility index (Phi) is 3.25. The molecule has 2 rings (SSSR count). The molecular weight excluding hydrogens is 214 g/mol. The zero-order valence-corrected chi connectivity index (χ0v) is 9.30.